The van der Waals surface area contributed by atoms with Crippen molar-refractivity contribution in [3.8, 4) is 0 Å². The van der Waals surface area contributed by atoms with Gasteiger partial charge in [-0.15, -0.1) is 0 Å². The maximum absolute atomic E-state index is 9.88. The van der Waals surface area contributed by atoms with Crippen LogP contribution in [0.25, 0.3) is 0 Å². The second kappa shape index (κ2) is 11.6. The lowest BCUT2D eigenvalue weighted by molar-refractivity contribution is -0.00479. The molecule has 2 aromatic rings. The van der Waals surface area contributed by atoms with Gasteiger partial charge in [0, 0.05) is 37.3 Å². The van der Waals surface area contributed by atoms with Crippen LogP contribution >= 0.6 is 0 Å². The average Bonchev–Trinajstić information content (AvgIpc) is 2.81. The Labute approximate surface area is 182 Å². The second-order valence-corrected chi connectivity index (χ2v) is 8.52. The number of aliphatic hydroxyl groups is 2. The van der Waals surface area contributed by atoms with E-state index in [9.17, 15) is 10.2 Å². The fourth-order valence-corrected chi connectivity index (χ4v) is 5.24. The molecule has 0 bridgehead atoms. The van der Waals surface area contributed by atoms with Crippen LogP contribution in [0.5, 0.6) is 0 Å². The first-order valence-corrected chi connectivity index (χ1v) is 11.5. The molecular weight excluding hydrogens is 372 g/mol. The third kappa shape index (κ3) is 5.50. The third-order valence-corrected chi connectivity index (χ3v) is 6.82. The summed E-state index contributed by atoms with van der Waals surface area (Å²) in [6.07, 6.45) is 4.70. The van der Waals surface area contributed by atoms with Crippen molar-refractivity contribution in [2.45, 2.75) is 63.7 Å². The first kappa shape index (κ1) is 23.0. The molecule has 0 spiro atoms. The Hall–Kier alpha value is -1.72. The summed E-state index contributed by atoms with van der Waals surface area (Å²) in [6, 6.07) is 22.4. The van der Waals surface area contributed by atoms with Gasteiger partial charge < -0.3 is 10.2 Å². The Balaban J connectivity index is 1.89. The van der Waals surface area contributed by atoms with Crippen LogP contribution in [0.3, 0.4) is 0 Å². The minimum absolute atomic E-state index is 0.161. The van der Waals surface area contributed by atoms with Gasteiger partial charge >= 0.3 is 0 Å². The van der Waals surface area contributed by atoms with Crippen molar-refractivity contribution >= 4 is 0 Å². The largest absolute Gasteiger partial charge is 0.395 e. The Kier molecular flexibility index (Phi) is 8.88. The van der Waals surface area contributed by atoms with Crippen LogP contribution in [0, 0.1) is 0 Å². The molecule has 0 heterocycles. The molecule has 0 radical (unpaired) electrons. The summed E-state index contributed by atoms with van der Waals surface area (Å²) in [4.78, 5) is 5.00. The molecule has 164 valence electrons. The van der Waals surface area contributed by atoms with Crippen LogP contribution in [0.4, 0.5) is 0 Å². The van der Waals surface area contributed by atoms with E-state index in [-0.39, 0.29) is 25.3 Å². The zero-order valence-electron chi connectivity index (χ0n) is 18.5. The number of benzene rings is 2. The van der Waals surface area contributed by atoms with Crippen molar-refractivity contribution in [1.82, 2.24) is 9.80 Å². The maximum Gasteiger partial charge on any atom is 0.0558 e. The fourth-order valence-electron chi connectivity index (χ4n) is 5.24. The van der Waals surface area contributed by atoms with Gasteiger partial charge in [0.05, 0.1) is 13.2 Å². The summed E-state index contributed by atoms with van der Waals surface area (Å²) >= 11 is 0. The molecule has 2 N–H and O–H groups in total. The van der Waals surface area contributed by atoms with Gasteiger partial charge in [0.15, 0.2) is 0 Å². The zero-order valence-corrected chi connectivity index (χ0v) is 18.5. The molecule has 0 saturated heterocycles. The quantitative estimate of drug-likeness (QED) is 0.609. The molecule has 0 aromatic heterocycles. The number of hydrogen-bond donors (Lipinski definition) is 2. The van der Waals surface area contributed by atoms with Gasteiger partial charge in [-0.2, -0.15) is 0 Å². The van der Waals surface area contributed by atoms with Gasteiger partial charge in [-0.3, -0.25) is 9.80 Å². The molecule has 0 amide bonds. The minimum Gasteiger partial charge on any atom is -0.395 e. The molecule has 30 heavy (non-hydrogen) atoms. The summed E-state index contributed by atoms with van der Waals surface area (Å²) in [5, 5.41) is 19.8. The van der Waals surface area contributed by atoms with Crippen LogP contribution in [-0.2, 0) is 0 Å². The standard InChI is InChI=1S/C26H38N2O2/c1-21(23-11-5-3-6-12-23)27(17-19-29)25-15-9-10-16-26(25)28(18-20-30)22(2)24-13-7-4-8-14-24/h3-8,11-14,21-22,25-26,29-30H,9-10,15-20H2,1-2H3/t21-,22-,25-,26-/m0/s1. The molecule has 1 aliphatic carbocycles. The normalized spacial score (nSPS) is 21.7. The monoisotopic (exact) mass is 410 g/mol. The Morgan fingerprint density at radius 2 is 1.07 bits per heavy atom. The first-order valence-electron chi connectivity index (χ1n) is 11.5. The Morgan fingerprint density at radius 3 is 1.40 bits per heavy atom. The van der Waals surface area contributed by atoms with Gasteiger partial charge in [-0.1, -0.05) is 73.5 Å². The first-order chi connectivity index (χ1) is 14.7. The molecule has 3 rings (SSSR count). The predicted molar refractivity (Wildman–Crippen MR) is 123 cm³/mol. The van der Waals surface area contributed by atoms with Crippen molar-refractivity contribution < 1.29 is 10.2 Å². The highest BCUT2D eigenvalue weighted by Crippen LogP contribution is 2.36. The van der Waals surface area contributed by atoms with Gasteiger partial charge in [0.2, 0.25) is 0 Å². The topological polar surface area (TPSA) is 46.9 Å². The molecule has 1 saturated carbocycles. The van der Waals surface area contributed by atoms with Crippen LogP contribution in [0.15, 0.2) is 60.7 Å². The highest BCUT2D eigenvalue weighted by molar-refractivity contribution is 5.20. The summed E-state index contributed by atoms with van der Waals surface area (Å²) in [6.45, 7) is 6.18. The van der Waals surface area contributed by atoms with Crippen molar-refractivity contribution in [3.63, 3.8) is 0 Å². The van der Waals surface area contributed by atoms with Crippen LogP contribution in [-0.4, -0.2) is 58.4 Å². The van der Waals surface area contributed by atoms with Gasteiger partial charge in [0.1, 0.15) is 0 Å². The second-order valence-electron chi connectivity index (χ2n) is 8.52. The van der Waals surface area contributed by atoms with E-state index in [1.54, 1.807) is 0 Å². The minimum atomic E-state index is 0.161. The zero-order chi connectivity index (χ0) is 21.3. The van der Waals surface area contributed by atoms with Crippen LogP contribution in [0.1, 0.15) is 62.7 Å². The van der Waals surface area contributed by atoms with Gasteiger partial charge in [-0.05, 0) is 37.8 Å². The number of nitrogens with zero attached hydrogens (tertiary/aromatic N) is 2. The highest BCUT2D eigenvalue weighted by atomic mass is 16.3. The van der Waals surface area contributed by atoms with Crippen molar-refractivity contribution in [2.24, 2.45) is 0 Å². The SMILES string of the molecule is C[C@@H](c1ccccc1)N(CCO)[C@H]1CCCC[C@@H]1N(CCO)[C@@H](C)c1ccccc1. The number of hydrogen-bond acceptors (Lipinski definition) is 4. The summed E-state index contributed by atoms with van der Waals surface area (Å²) in [5.41, 5.74) is 2.58. The Morgan fingerprint density at radius 1 is 0.700 bits per heavy atom. The lowest BCUT2D eigenvalue weighted by atomic mass is 9.85. The van der Waals surface area contributed by atoms with E-state index in [4.69, 9.17) is 0 Å². The van der Waals surface area contributed by atoms with E-state index in [1.807, 2.05) is 0 Å². The van der Waals surface area contributed by atoms with E-state index in [0.29, 0.717) is 25.2 Å². The van der Waals surface area contributed by atoms with E-state index in [1.165, 1.54) is 24.0 Å². The molecule has 0 unspecified atom stereocenters. The fraction of sp³-hybridized carbons (Fsp3) is 0.538. The number of rotatable bonds is 10. The molecular formula is C26H38N2O2. The lowest BCUT2D eigenvalue weighted by Crippen LogP contribution is -2.55. The van der Waals surface area contributed by atoms with Gasteiger partial charge in [-0.25, -0.2) is 0 Å². The van der Waals surface area contributed by atoms with E-state index < -0.39 is 0 Å². The van der Waals surface area contributed by atoms with E-state index in [0.717, 1.165) is 12.8 Å². The van der Waals surface area contributed by atoms with Crippen LogP contribution < -0.4 is 0 Å². The molecule has 4 atom stereocenters. The molecule has 1 aliphatic rings. The van der Waals surface area contributed by atoms with Gasteiger partial charge in [0.25, 0.3) is 0 Å². The molecule has 4 heteroatoms. The highest BCUT2D eigenvalue weighted by Gasteiger charge is 2.37. The number of aliphatic hydroxyl groups excluding tert-OH is 2. The lowest BCUT2D eigenvalue weighted by Gasteiger charge is -2.49. The van der Waals surface area contributed by atoms with Crippen molar-refractivity contribution in [2.75, 3.05) is 26.3 Å². The average molecular weight is 411 g/mol. The third-order valence-electron chi connectivity index (χ3n) is 6.82. The predicted octanol–water partition coefficient (Wildman–Crippen LogP) is 4.41. The van der Waals surface area contributed by atoms with Crippen LogP contribution in [0.2, 0.25) is 0 Å². The Bertz CT molecular complexity index is 661. The van der Waals surface area contributed by atoms with Crippen molar-refractivity contribution in [3.05, 3.63) is 71.8 Å². The molecule has 2 aromatic carbocycles. The summed E-state index contributed by atoms with van der Waals surface area (Å²) < 4.78 is 0. The van der Waals surface area contributed by atoms with Crippen molar-refractivity contribution in [1.29, 1.82) is 0 Å². The van der Waals surface area contributed by atoms with E-state index >= 15 is 0 Å². The smallest absolute Gasteiger partial charge is 0.0558 e. The maximum atomic E-state index is 9.88. The summed E-state index contributed by atoms with van der Waals surface area (Å²) in [7, 11) is 0. The summed E-state index contributed by atoms with van der Waals surface area (Å²) in [5.74, 6) is 0. The molecule has 1 fully saturated rings. The molecule has 0 aliphatic heterocycles. The van der Waals surface area contributed by atoms with E-state index in [2.05, 4.69) is 84.3 Å². The molecule has 4 nitrogen and oxygen atoms in total.